The molecule has 3 rings (SSSR count). The van der Waals surface area contributed by atoms with Crippen LogP contribution in [0.15, 0.2) is 71.6 Å². The maximum absolute atomic E-state index is 13.9. The number of nitrogens with one attached hydrogen (secondary N) is 1. The minimum absolute atomic E-state index is 0.0236. The molecule has 11 nitrogen and oxygen atoms in total. The number of benzene rings is 3. The Morgan fingerprint density at radius 1 is 1.10 bits per heavy atom. The average molecular weight is 603 g/mol. The van der Waals surface area contributed by atoms with Gasteiger partial charge in [-0.3, -0.25) is 24.0 Å². The van der Waals surface area contributed by atoms with Gasteiger partial charge in [0.2, 0.25) is 11.8 Å². The first-order valence-corrected chi connectivity index (χ1v) is 14.4. The number of hydrogen-bond acceptors (Lipinski definition) is 7. The summed E-state index contributed by atoms with van der Waals surface area (Å²) < 4.78 is 33.9. The third-order valence-corrected chi connectivity index (χ3v) is 8.37. The third-order valence-electron chi connectivity index (χ3n) is 6.36. The van der Waals surface area contributed by atoms with Crippen molar-refractivity contribution in [1.82, 2.24) is 10.2 Å². The van der Waals surface area contributed by atoms with Gasteiger partial charge in [0.1, 0.15) is 18.3 Å². The number of nitro benzene ring substituents is 1. The maximum atomic E-state index is 13.9. The predicted octanol–water partition coefficient (Wildman–Crippen LogP) is 4.31. The summed E-state index contributed by atoms with van der Waals surface area (Å²) in [5.41, 5.74) is 0.662. The molecule has 0 radical (unpaired) electrons. The fraction of sp³-hybridized carbons (Fsp3) is 0.286. The summed E-state index contributed by atoms with van der Waals surface area (Å²) in [7, 11) is -3.04. The Hall–Kier alpha value is -4.16. The molecule has 0 aliphatic carbocycles. The van der Waals surface area contributed by atoms with E-state index in [0.29, 0.717) is 22.9 Å². The Morgan fingerprint density at radius 2 is 1.78 bits per heavy atom. The molecule has 0 fully saturated rings. The van der Waals surface area contributed by atoms with Crippen LogP contribution in [0.2, 0.25) is 5.02 Å². The lowest BCUT2D eigenvalue weighted by molar-refractivity contribution is -0.385. The van der Waals surface area contributed by atoms with Crippen molar-refractivity contribution in [3.05, 3.63) is 93.0 Å². The minimum Gasteiger partial charge on any atom is -0.497 e. The van der Waals surface area contributed by atoms with Crippen molar-refractivity contribution in [2.45, 2.75) is 38.3 Å². The predicted molar refractivity (Wildman–Crippen MR) is 156 cm³/mol. The highest BCUT2D eigenvalue weighted by atomic mass is 35.5. The molecule has 0 unspecified atom stereocenters. The Labute approximate surface area is 243 Å². The first kappa shape index (κ1) is 31.4. The second kappa shape index (κ2) is 13.5. The summed E-state index contributed by atoms with van der Waals surface area (Å²) in [5, 5.41) is 14.7. The first-order chi connectivity index (χ1) is 19.4. The van der Waals surface area contributed by atoms with Crippen molar-refractivity contribution in [3.8, 4) is 5.75 Å². The van der Waals surface area contributed by atoms with Crippen LogP contribution in [-0.4, -0.2) is 56.3 Å². The molecular formula is C28H31ClN4O7S. The molecule has 3 aromatic carbocycles. The number of rotatable bonds is 12. The second-order valence-corrected chi connectivity index (χ2v) is 11.4. The number of sulfonamides is 1. The normalized spacial score (nSPS) is 11.8. The largest absolute Gasteiger partial charge is 0.497 e. The summed E-state index contributed by atoms with van der Waals surface area (Å²) in [6.45, 7) is 4.40. The van der Waals surface area contributed by atoms with Crippen LogP contribution in [-0.2, 0) is 26.2 Å². The van der Waals surface area contributed by atoms with E-state index in [0.717, 1.165) is 10.4 Å². The van der Waals surface area contributed by atoms with Gasteiger partial charge in [-0.1, -0.05) is 29.8 Å². The van der Waals surface area contributed by atoms with Gasteiger partial charge in [0.25, 0.3) is 15.7 Å². The van der Waals surface area contributed by atoms with Crippen LogP contribution in [0.1, 0.15) is 25.0 Å². The number of anilines is 1. The molecule has 41 heavy (non-hydrogen) atoms. The summed E-state index contributed by atoms with van der Waals surface area (Å²) in [4.78, 5) is 38.4. The van der Waals surface area contributed by atoms with E-state index in [1.54, 1.807) is 38.1 Å². The molecule has 0 aliphatic heterocycles. The number of nitrogens with zero attached hydrogens (tertiary/aromatic N) is 3. The maximum Gasteiger partial charge on any atom is 0.273 e. The number of halogens is 1. The van der Waals surface area contributed by atoms with E-state index in [9.17, 15) is 28.1 Å². The molecule has 3 aromatic rings. The third kappa shape index (κ3) is 7.53. The molecule has 0 aromatic heterocycles. The van der Waals surface area contributed by atoms with Crippen molar-refractivity contribution >= 4 is 44.8 Å². The Bertz CT molecular complexity index is 1530. The molecule has 2 amide bonds. The van der Waals surface area contributed by atoms with Crippen molar-refractivity contribution in [2.75, 3.05) is 24.5 Å². The summed E-state index contributed by atoms with van der Waals surface area (Å²) in [6.07, 6.45) is 0. The molecular weight excluding hydrogens is 572 g/mol. The fourth-order valence-corrected chi connectivity index (χ4v) is 5.73. The lowest BCUT2D eigenvalue weighted by Gasteiger charge is -2.32. The van der Waals surface area contributed by atoms with E-state index < -0.39 is 39.3 Å². The van der Waals surface area contributed by atoms with Gasteiger partial charge >= 0.3 is 0 Å². The summed E-state index contributed by atoms with van der Waals surface area (Å²) >= 11 is 6.13. The SMILES string of the molecule is CCNC(=O)[C@@H](C)N(Cc1cccc(Cl)c1)C(=O)CN(c1ccc(OC)cc1)S(=O)(=O)c1ccc(C)c([N+](=O)[O-])c1. The Kier molecular flexibility index (Phi) is 10.3. The molecule has 0 aliphatic rings. The van der Waals surface area contributed by atoms with Gasteiger partial charge in [0.05, 0.1) is 22.6 Å². The molecule has 13 heteroatoms. The quantitative estimate of drug-likeness (QED) is 0.241. The molecule has 1 N–H and O–H groups in total. The van der Waals surface area contributed by atoms with Crippen LogP contribution in [0.5, 0.6) is 5.75 Å². The van der Waals surface area contributed by atoms with Crippen LogP contribution in [0.4, 0.5) is 11.4 Å². The van der Waals surface area contributed by atoms with E-state index in [-0.39, 0.29) is 28.4 Å². The van der Waals surface area contributed by atoms with Crippen LogP contribution in [0, 0.1) is 17.0 Å². The van der Waals surface area contributed by atoms with Crippen LogP contribution in [0.3, 0.4) is 0 Å². The highest BCUT2D eigenvalue weighted by Gasteiger charge is 2.33. The average Bonchev–Trinajstić information content (AvgIpc) is 2.94. The zero-order valence-electron chi connectivity index (χ0n) is 23.0. The summed E-state index contributed by atoms with van der Waals surface area (Å²) in [6, 6.07) is 15.3. The first-order valence-electron chi connectivity index (χ1n) is 12.6. The van der Waals surface area contributed by atoms with Gasteiger partial charge in [-0.05, 0) is 68.8 Å². The minimum atomic E-state index is -4.49. The molecule has 0 heterocycles. The van der Waals surface area contributed by atoms with Gasteiger partial charge in [0.15, 0.2) is 0 Å². The monoisotopic (exact) mass is 602 g/mol. The molecule has 0 spiro atoms. The number of amides is 2. The smallest absolute Gasteiger partial charge is 0.273 e. The van der Waals surface area contributed by atoms with E-state index in [2.05, 4.69) is 5.32 Å². The number of likely N-dealkylation sites (N-methyl/N-ethyl adjacent to an activating group) is 1. The zero-order valence-corrected chi connectivity index (χ0v) is 24.6. The highest BCUT2D eigenvalue weighted by Crippen LogP contribution is 2.29. The van der Waals surface area contributed by atoms with Crippen molar-refractivity contribution < 1.29 is 27.7 Å². The van der Waals surface area contributed by atoms with Gasteiger partial charge < -0.3 is 15.0 Å². The second-order valence-electron chi connectivity index (χ2n) is 9.14. The fourth-order valence-electron chi connectivity index (χ4n) is 4.09. The van der Waals surface area contributed by atoms with E-state index in [4.69, 9.17) is 16.3 Å². The zero-order chi connectivity index (χ0) is 30.3. The van der Waals surface area contributed by atoms with Crippen molar-refractivity contribution in [1.29, 1.82) is 0 Å². The van der Waals surface area contributed by atoms with Crippen LogP contribution >= 0.6 is 11.6 Å². The number of ether oxygens (including phenoxy) is 1. The lowest BCUT2D eigenvalue weighted by atomic mass is 10.1. The standard InChI is InChI=1S/C28H31ClN4O7S/c1-5-30-28(35)20(3)31(17-21-7-6-8-22(29)15-21)27(34)18-32(23-10-12-24(40-4)13-11-23)41(38,39)25-14-9-19(2)26(16-25)33(36)37/h6-16,20H,5,17-18H2,1-4H3,(H,30,35)/t20-/m1/s1. The van der Waals surface area contributed by atoms with E-state index >= 15 is 0 Å². The van der Waals surface area contributed by atoms with Gasteiger partial charge in [0, 0.05) is 29.7 Å². The molecule has 0 bridgehead atoms. The van der Waals surface area contributed by atoms with Crippen molar-refractivity contribution in [3.63, 3.8) is 0 Å². The van der Waals surface area contributed by atoms with E-state index in [1.165, 1.54) is 55.3 Å². The Balaban J connectivity index is 2.09. The van der Waals surface area contributed by atoms with Gasteiger partial charge in [-0.25, -0.2) is 8.42 Å². The van der Waals surface area contributed by atoms with Gasteiger partial charge in [-0.15, -0.1) is 0 Å². The van der Waals surface area contributed by atoms with E-state index in [1.807, 2.05) is 0 Å². The number of hydrogen-bond donors (Lipinski definition) is 1. The number of aryl methyl sites for hydroxylation is 1. The summed E-state index contributed by atoms with van der Waals surface area (Å²) in [5.74, 6) is -0.642. The van der Waals surface area contributed by atoms with Crippen LogP contribution < -0.4 is 14.4 Å². The van der Waals surface area contributed by atoms with Gasteiger partial charge in [-0.2, -0.15) is 0 Å². The van der Waals surface area contributed by atoms with Crippen LogP contribution in [0.25, 0.3) is 0 Å². The molecule has 218 valence electrons. The number of nitro groups is 1. The highest BCUT2D eigenvalue weighted by molar-refractivity contribution is 7.92. The molecule has 0 saturated carbocycles. The topological polar surface area (TPSA) is 139 Å². The van der Waals surface area contributed by atoms with Crippen molar-refractivity contribution in [2.24, 2.45) is 0 Å². The number of carbonyl (C=O) groups excluding carboxylic acids is 2. The number of methoxy groups -OCH3 is 1. The molecule has 1 atom stereocenters. The number of carbonyl (C=O) groups is 2. The lowest BCUT2D eigenvalue weighted by Crippen LogP contribution is -2.51. The molecule has 0 saturated heterocycles. The Morgan fingerprint density at radius 3 is 2.37 bits per heavy atom.